The van der Waals surface area contributed by atoms with Gasteiger partial charge in [-0.3, -0.25) is 4.79 Å². The number of benzene rings is 1. The van der Waals surface area contributed by atoms with E-state index < -0.39 is 17.5 Å². The lowest BCUT2D eigenvalue weighted by Gasteiger charge is -2.31. The quantitative estimate of drug-likeness (QED) is 0.861. The Morgan fingerprint density at radius 1 is 1.38 bits per heavy atom. The van der Waals surface area contributed by atoms with Crippen LogP contribution >= 0.6 is 0 Å². The molecule has 2 heterocycles. The summed E-state index contributed by atoms with van der Waals surface area (Å²) in [6.07, 6.45) is 1.53. The molecule has 0 spiro atoms. The summed E-state index contributed by atoms with van der Waals surface area (Å²) in [4.78, 5) is 20.0. The number of piperidine rings is 1. The average Bonchev–Trinajstić information content (AvgIpc) is 3.07. The van der Waals surface area contributed by atoms with Crippen molar-refractivity contribution in [2.75, 3.05) is 32.1 Å². The SMILES string of the molecule is CN(C)c1noc([C@@H]2CCCN(C(=O)c3cccc(F)c3F)C2)n1. The highest BCUT2D eigenvalue weighted by Gasteiger charge is 2.30. The van der Waals surface area contributed by atoms with Crippen LogP contribution in [0.1, 0.15) is 35.0 Å². The maximum atomic E-state index is 13.9. The highest BCUT2D eigenvalue weighted by atomic mass is 19.2. The van der Waals surface area contributed by atoms with Crippen LogP contribution in [0.2, 0.25) is 0 Å². The zero-order chi connectivity index (χ0) is 17.3. The standard InChI is InChI=1S/C16H18F2N4O2/c1-21(2)16-19-14(24-20-16)10-5-4-8-22(9-10)15(23)11-6-3-7-12(17)13(11)18/h3,6-7,10H,4-5,8-9H2,1-2H3/t10-/m1/s1. The number of carbonyl (C=O) groups excluding carboxylic acids is 1. The largest absolute Gasteiger partial charge is 0.344 e. The zero-order valence-corrected chi connectivity index (χ0v) is 13.5. The molecule has 1 fully saturated rings. The molecule has 0 bridgehead atoms. The van der Waals surface area contributed by atoms with Gasteiger partial charge in [0, 0.05) is 27.2 Å². The molecular weight excluding hydrogens is 318 g/mol. The van der Waals surface area contributed by atoms with Gasteiger partial charge in [-0.1, -0.05) is 6.07 Å². The van der Waals surface area contributed by atoms with Gasteiger partial charge in [0.25, 0.3) is 11.9 Å². The molecule has 24 heavy (non-hydrogen) atoms. The summed E-state index contributed by atoms with van der Waals surface area (Å²) in [6.45, 7) is 0.823. The first-order valence-corrected chi connectivity index (χ1v) is 7.71. The number of amides is 1. The second-order valence-corrected chi connectivity index (χ2v) is 6.02. The number of hydrogen-bond donors (Lipinski definition) is 0. The van der Waals surface area contributed by atoms with Gasteiger partial charge in [0.05, 0.1) is 11.5 Å². The van der Waals surface area contributed by atoms with Gasteiger partial charge in [0.2, 0.25) is 5.89 Å². The summed E-state index contributed by atoms with van der Waals surface area (Å²) < 4.78 is 32.5. The van der Waals surface area contributed by atoms with E-state index >= 15 is 0 Å². The van der Waals surface area contributed by atoms with E-state index in [0.717, 1.165) is 18.9 Å². The Morgan fingerprint density at radius 2 is 2.17 bits per heavy atom. The molecule has 128 valence electrons. The predicted octanol–water partition coefficient (Wildman–Crippen LogP) is 2.43. The van der Waals surface area contributed by atoms with E-state index in [9.17, 15) is 13.6 Å². The number of anilines is 1. The number of aromatic nitrogens is 2. The van der Waals surface area contributed by atoms with Crippen molar-refractivity contribution in [1.82, 2.24) is 15.0 Å². The Kier molecular flexibility index (Phi) is 4.46. The van der Waals surface area contributed by atoms with Gasteiger partial charge in [-0.15, -0.1) is 0 Å². The molecular formula is C16H18F2N4O2. The third-order valence-electron chi connectivity index (χ3n) is 4.07. The van der Waals surface area contributed by atoms with Gasteiger partial charge in [-0.05, 0) is 30.1 Å². The molecule has 3 rings (SSSR count). The van der Waals surface area contributed by atoms with E-state index in [1.807, 2.05) is 0 Å². The topological polar surface area (TPSA) is 62.5 Å². The lowest BCUT2D eigenvalue weighted by Crippen LogP contribution is -2.39. The van der Waals surface area contributed by atoms with Crippen molar-refractivity contribution >= 4 is 11.9 Å². The molecule has 1 amide bonds. The Hall–Kier alpha value is -2.51. The van der Waals surface area contributed by atoms with Crippen LogP contribution in [0.3, 0.4) is 0 Å². The van der Waals surface area contributed by atoms with E-state index in [2.05, 4.69) is 10.1 Å². The molecule has 8 heteroatoms. The Morgan fingerprint density at radius 3 is 2.88 bits per heavy atom. The molecule has 6 nitrogen and oxygen atoms in total. The van der Waals surface area contributed by atoms with Crippen LogP contribution in [-0.2, 0) is 0 Å². The number of likely N-dealkylation sites (tertiary alicyclic amines) is 1. The molecule has 1 aliphatic rings. The van der Waals surface area contributed by atoms with Crippen molar-refractivity contribution in [2.24, 2.45) is 0 Å². The minimum absolute atomic E-state index is 0.111. The number of carbonyl (C=O) groups is 1. The van der Waals surface area contributed by atoms with Crippen LogP contribution in [-0.4, -0.2) is 48.1 Å². The van der Waals surface area contributed by atoms with E-state index in [1.54, 1.807) is 19.0 Å². The van der Waals surface area contributed by atoms with Crippen molar-refractivity contribution in [1.29, 1.82) is 0 Å². The van der Waals surface area contributed by atoms with Crippen LogP contribution in [0.4, 0.5) is 14.7 Å². The summed E-state index contributed by atoms with van der Waals surface area (Å²) in [5, 5.41) is 3.87. The fraction of sp³-hybridized carbons (Fsp3) is 0.438. The van der Waals surface area contributed by atoms with Gasteiger partial charge in [-0.25, -0.2) is 8.78 Å². The number of nitrogens with zero attached hydrogens (tertiary/aromatic N) is 4. The minimum atomic E-state index is -1.11. The maximum absolute atomic E-state index is 13.9. The van der Waals surface area contributed by atoms with Crippen LogP contribution in [0.5, 0.6) is 0 Å². The van der Waals surface area contributed by atoms with Crippen molar-refractivity contribution in [2.45, 2.75) is 18.8 Å². The third-order valence-corrected chi connectivity index (χ3v) is 4.07. The lowest BCUT2D eigenvalue weighted by molar-refractivity contribution is 0.0690. The third kappa shape index (κ3) is 3.08. The molecule has 0 unspecified atom stereocenters. The van der Waals surface area contributed by atoms with Gasteiger partial charge >= 0.3 is 0 Å². The molecule has 1 atom stereocenters. The second kappa shape index (κ2) is 6.54. The molecule has 0 aliphatic carbocycles. The molecule has 1 saturated heterocycles. The summed E-state index contributed by atoms with van der Waals surface area (Å²) in [5.41, 5.74) is -0.254. The lowest BCUT2D eigenvalue weighted by atomic mass is 9.97. The van der Waals surface area contributed by atoms with E-state index in [-0.39, 0.29) is 11.5 Å². The van der Waals surface area contributed by atoms with Gasteiger partial charge in [-0.2, -0.15) is 4.98 Å². The highest BCUT2D eigenvalue weighted by Crippen LogP contribution is 2.28. The van der Waals surface area contributed by atoms with Crippen LogP contribution < -0.4 is 4.90 Å². The number of halogens is 2. The van der Waals surface area contributed by atoms with E-state index in [0.29, 0.717) is 24.9 Å². The summed E-state index contributed by atoms with van der Waals surface area (Å²) in [5.74, 6) is -1.86. The van der Waals surface area contributed by atoms with E-state index in [1.165, 1.54) is 17.0 Å². The smallest absolute Gasteiger partial charge is 0.265 e. The van der Waals surface area contributed by atoms with Crippen molar-refractivity contribution < 1.29 is 18.1 Å². The normalized spacial score (nSPS) is 17.8. The van der Waals surface area contributed by atoms with Crippen molar-refractivity contribution in [3.63, 3.8) is 0 Å². The first-order valence-electron chi connectivity index (χ1n) is 7.71. The Balaban J connectivity index is 1.77. The molecule has 2 aromatic rings. The number of rotatable bonds is 3. The fourth-order valence-corrected chi connectivity index (χ4v) is 2.78. The van der Waals surface area contributed by atoms with Crippen molar-refractivity contribution in [3.05, 3.63) is 41.3 Å². The minimum Gasteiger partial charge on any atom is -0.344 e. The molecule has 0 saturated carbocycles. The first-order chi connectivity index (χ1) is 11.5. The molecule has 0 radical (unpaired) electrons. The first kappa shape index (κ1) is 16.4. The van der Waals surface area contributed by atoms with E-state index in [4.69, 9.17) is 4.52 Å². The molecule has 1 aromatic carbocycles. The highest BCUT2D eigenvalue weighted by molar-refractivity contribution is 5.94. The van der Waals surface area contributed by atoms with Gasteiger partial charge in [0.15, 0.2) is 11.6 Å². The molecule has 1 aliphatic heterocycles. The second-order valence-electron chi connectivity index (χ2n) is 6.02. The van der Waals surface area contributed by atoms with Gasteiger partial charge in [0.1, 0.15) is 0 Å². The summed E-state index contributed by atoms with van der Waals surface area (Å²) in [7, 11) is 3.61. The van der Waals surface area contributed by atoms with Gasteiger partial charge < -0.3 is 14.3 Å². The summed E-state index contributed by atoms with van der Waals surface area (Å²) in [6, 6.07) is 3.61. The van der Waals surface area contributed by atoms with Crippen LogP contribution in [0.15, 0.2) is 22.7 Å². The monoisotopic (exact) mass is 336 g/mol. The Labute approximate surface area is 138 Å². The van der Waals surface area contributed by atoms with Crippen molar-refractivity contribution in [3.8, 4) is 0 Å². The van der Waals surface area contributed by atoms with Crippen LogP contribution in [0, 0.1) is 11.6 Å². The number of hydrogen-bond acceptors (Lipinski definition) is 5. The zero-order valence-electron chi connectivity index (χ0n) is 13.5. The van der Waals surface area contributed by atoms with Crippen LogP contribution in [0.25, 0.3) is 0 Å². The fourth-order valence-electron chi connectivity index (χ4n) is 2.78. The molecule has 0 N–H and O–H groups in total. The average molecular weight is 336 g/mol. The maximum Gasteiger partial charge on any atom is 0.265 e. The Bertz CT molecular complexity index is 747. The predicted molar refractivity (Wildman–Crippen MR) is 82.9 cm³/mol. The summed E-state index contributed by atoms with van der Waals surface area (Å²) >= 11 is 0. The molecule has 1 aromatic heterocycles.